The molecule has 0 unspecified atom stereocenters. The van der Waals surface area contributed by atoms with Crippen LogP contribution in [0.1, 0.15) is 10.6 Å². The molecule has 0 spiro atoms. The first kappa shape index (κ1) is 11.4. The van der Waals surface area contributed by atoms with Gasteiger partial charge in [-0.2, -0.15) is 4.98 Å². The minimum atomic E-state index is 0.588. The smallest absolute Gasteiger partial charge is 0.243 e. The third-order valence-corrected chi connectivity index (χ3v) is 3.71. The second-order valence-corrected chi connectivity index (χ2v) is 5.18. The van der Waals surface area contributed by atoms with E-state index in [-0.39, 0.29) is 0 Å². The standard InChI is InChI=1S/C11H10ClN5S/c1-7-9(18-6-14-7)4-13-11-15-10-3-2-8(12)5-17(10)16-11/h2-3,5-6H,4H2,1H3,(H,13,16). The minimum absolute atomic E-state index is 0.588. The van der Waals surface area contributed by atoms with Crippen LogP contribution in [0.2, 0.25) is 5.02 Å². The highest BCUT2D eigenvalue weighted by atomic mass is 35.5. The van der Waals surface area contributed by atoms with Crippen molar-refractivity contribution in [1.29, 1.82) is 0 Å². The molecule has 0 saturated carbocycles. The van der Waals surface area contributed by atoms with E-state index < -0.39 is 0 Å². The molecule has 0 atom stereocenters. The Kier molecular flexibility index (Phi) is 2.89. The predicted molar refractivity (Wildman–Crippen MR) is 72.2 cm³/mol. The van der Waals surface area contributed by atoms with Crippen LogP contribution in [-0.4, -0.2) is 19.6 Å². The van der Waals surface area contributed by atoms with Gasteiger partial charge in [-0.25, -0.2) is 9.50 Å². The lowest BCUT2D eigenvalue weighted by Gasteiger charge is -1.98. The molecule has 0 fully saturated rings. The molecule has 3 aromatic rings. The zero-order chi connectivity index (χ0) is 12.5. The third-order valence-electron chi connectivity index (χ3n) is 2.55. The summed E-state index contributed by atoms with van der Waals surface area (Å²) in [5.74, 6) is 0.588. The summed E-state index contributed by atoms with van der Waals surface area (Å²) in [5, 5.41) is 8.11. The van der Waals surface area contributed by atoms with Gasteiger partial charge in [-0.15, -0.1) is 16.4 Å². The van der Waals surface area contributed by atoms with Crippen LogP contribution in [0.4, 0.5) is 5.95 Å². The van der Waals surface area contributed by atoms with Crippen molar-refractivity contribution in [3.8, 4) is 0 Å². The van der Waals surface area contributed by atoms with Crippen molar-refractivity contribution in [2.45, 2.75) is 13.5 Å². The van der Waals surface area contributed by atoms with Gasteiger partial charge < -0.3 is 5.32 Å². The van der Waals surface area contributed by atoms with E-state index in [0.717, 1.165) is 11.3 Å². The van der Waals surface area contributed by atoms with Gasteiger partial charge in [-0.3, -0.25) is 0 Å². The van der Waals surface area contributed by atoms with Crippen LogP contribution in [0.15, 0.2) is 23.8 Å². The van der Waals surface area contributed by atoms with Gasteiger partial charge in [0, 0.05) is 11.1 Å². The van der Waals surface area contributed by atoms with E-state index >= 15 is 0 Å². The number of fused-ring (bicyclic) bond motifs is 1. The maximum Gasteiger partial charge on any atom is 0.243 e. The van der Waals surface area contributed by atoms with E-state index in [0.29, 0.717) is 17.5 Å². The average molecular weight is 280 g/mol. The molecule has 0 radical (unpaired) electrons. The molecule has 3 heterocycles. The molecule has 3 aromatic heterocycles. The van der Waals surface area contributed by atoms with Crippen LogP contribution in [0.5, 0.6) is 0 Å². The number of pyridine rings is 1. The minimum Gasteiger partial charge on any atom is -0.348 e. The first-order chi connectivity index (χ1) is 8.72. The molecule has 18 heavy (non-hydrogen) atoms. The number of thiazole rings is 1. The Hall–Kier alpha value is -1.66. The fourth-order valence-corrected chi connectivity index (χ4v) is 2.46. The van der Waals surface area contributed by atoms with Crippen LogP contribution in [0.3, 0.4) is 0 Å². The number of anilines is 1. The number of halogens is 1. The summed E-state index contributed by atoms with van der Waals surface area (Å²) in [6.07, 6.45) is 1.73. The van der Waals surface area contributed by atoms with Crippen molar-refractivity contribution in [3.63, 3.8) is 0 Å². The lowest BCUT2D eigenvalue weighted by atomic mass is 10.4. The first-order valence-corrected chi connectivity index (χ1v) is 6.63. The Morgan fingerprint density at radius 2 is 2.33 bits per heavy atom. The summed E-state index contributed by atoms with van der Waals surface area (Å²) >= 11 is 7.51. The van der Waals surface area contributed by atoms with Crippen molar-refractivity contribution in [1.82, 2.24) is 19.6 Å². The second kappa shape index (κ2) is 4.55. The number of hydrogen-bond donors (Lipinski definition) is 1. The van der Waals surface area contributed by atoms with Crippen molar-refractivity contribution < 1.29 is 0 Å². The third kappa shape index (κ3) is 2.16. The fourth-order valence-electron chi connectivity index (χ4n) is 1.59. The summed E-state index contributed by atoms with van der Waals surface area (Å²) in [6, 6.07) is 3.63. The molecule has 0 saturated heterocycles. The van der Waals surface area contributed by atoms with E-state index in [2.05, 4.69) is 20.4 Å². The highest BCUT2D eigenvalue weighted by Gasteiger charge is 2.05. The average Bonchev–Trinajstić information content (AvgIpc) is 2.92. The summed E-state index contributed by atoms with van der Waals surface area (Å²) in [5.41, 5.74) is 3.64. The highest BCUT2D eigenvalue weighted by Crippen LogP contribution is 2.15. The van der Waals surface area contributed by atoms with Crippen molar-refractivity contribution in [3.05, 3.63) is 39.4 Å². The van der Waals surface area contributed by atoms with Gasteiger partial charge in [0.25, 0.3) is 0 Å². The van der Waals surface area contributed by atoms with Gasteiger partial charge in [-0.1, -0.05) is 11.6 Å². The van der Waals surface area contributed by atoms with Gasteiger partial charge in [-0.05, 0) is 19.1 Å². The molecule has 1 N–H and O–H groups in total. The van der Waals surface area contributed by atoms with Crippen LogP contribution in [0.25, 0.3) is 5.65 Å². The summed E-state index contributed by atoms with van der Waals surface area (Å²) in [7, 11) is 0. The molecule has 0 aliphatic heterocycles. The summed E-state index contributed by atoms with van der Waals surface area (Å²) < 4.78 is 1.66. The molecule has 92 valence electrons. The molecular weight excluding hydrogens is 270 g/mol. The molecule has 3 rings (SSSR count). The van der Waals surface area contributed by atoms with Gasteiger partial charge in [0.05, 0.1) is 22.8 Å². The number of aromatic nitrogens is 4. The van der Waals surface area contributed by atoms with Crippen molar-refractivity contribution >= 4 is 34.5 Å². The molecule has 0 amide bonds. The molecule has 7 heteroatoms. The SMILES string of the molecule is Cc1ncsc1CNc1nc2ccc(Cl)cn2n1. The predicted octanol–water partition coefficient (Wildman–Crippen LogP) is 2.76. The first-order valence-electron chi connectivity index (χ1n) is 5.37. The Bertz CT molecular complexity index is 690. The Balaban J connectivity index is 1.81. The number of nitrogens with one attached hydrogen (secondary N) is 1. The van der Waals surface area contributed by atoms with Crippen LogP contribution in [0, 0.1) is 6.92 Å². The maximum atomic E-state index is 5.89. The largest absolute Gasteiger partial charge is 0.348 e. The monoisotopic (exact) mass is 279 g/mol. The molecular formula is C11H10ClN5S. The molecule has 0 aliphatic carbocycles. The molecule has 0 aromatic carbocycles. The fraction of sp³-hybridized carbons (Fsp3) is 0.182. The molecule has 5 nitrogen and oxygen atoms in total. The summed E-state index contributed by atoms with van der Waals surface area (Å²) in [4.78, 5) is 9.73. The van der Waals surface area contributed by atoms with Crippen LogP contribution < -0.4 is 5.32 Å². The Morgan fingerprint density at radius 3 is 3.11 bits per heavy atom. The van der Waals surface area contributed by atoms with Gasteiger partial charge in [0.2, 0.25) is 5.95 Å². The Labute approximate surface area is 112 Å². The number of hydrogen-bond acceptors (Lipinski definition) is 5. The molecule has 0 bridgehead atoms. The van der Waals surface area contributed by atoms with Crippen molar-refractivity contribution in [2.75, 3.05) is 5.32 Å². The molecule has 0 aliphatic rings. The van der Waals surface area contributed by atoms with E-state index in [1.54, 1.807) is 28.1 Å². The Morgan fingerprint density at radius 1 is 1.44 bits per heavy atom. The van der Waals surface area contributed by atoms with E-state index in [9.17, 15) is 0 Å². The number of rotatable bonds is 3. The lowest BCUT2D eigenvalue weighted by Crippen LogP contribution is -2.00. The topological polar surface area (TPSA) is 55.1 Å². The van der Waals surface area contributed by atoms with Gasteiger partial charge in [0.1, 0.15) is 0 Å². The van der Waals surface area contributed by atoms with Crippen LogP contribution >= 0.6 is 22.9 Å². The normalized spacial score (nSPS) is 11.0. The van der Waals surface area contributed by atoms with Gasteiger partial charge in [0.15, 0.2) is 5.65 Å². The second-order valence-electron chi connectivity index (χ2n) is 3.80. The summed E-state index contributed by atoms with van der Waals surface area (Å²) in [6.45, 7) is 2.67. The quantitative estimate of drug-likeness (QED) is 0.801. The van der Waals surface area contributed by atoms with Crippen LogP contribution in [-0.2, 0) is 6.54 Å². The zero-order valence-corrected chi connectivity index (χ0v) is 11.2. The van der Waals surface area contributed by atoms with Gasteiger partial charge >= 0.3 is 0 Å². The maximum absolute atomic E-state index is 5.89. The number of nitrogens with zero attached hydrogens (tertiary/aromatic N) is 4. The number of aryl methyl sites for hydroxylation is 1. The zero-order valence-electron chi connectivity index (χ0n) is 9.59. The van der Waals surface area contributed by atoms with E-state index in [1.807, 2.05) is 18.5 Å². The van der Waals surface area contributed by atoms with E-state index in [4.69, 9.17) is 11.6 Å². The van der Waals surface area contributed by atoms with E-state index in [1.165, 1.54) is 4.88 Å². The van der Waals surface area contributed by atoms with Crippen molar-refractivity contribution in [2.24, 2.45) is 0 Å². The lowest BCUT2D eigenvalue weighted by molar-refractivity contribution is 0.950. The highest BCUT2D eigenvalue weighted by molar-refractivity contribution is 7.09.